The number of likely N-dealkylation sites (tertiary alicyclic amines) is 1. The highest BCUT2D eigenvalue weighted by Crippen LogP contribution is 2.27. The summed E-state index contributed by atoms with van der Waals surface area (Å²) in [5.41, 5.74) is 2.01. The topological polar surface area (TPSA) is 71.8 Å². The molecule has 1 fully saturated rings. The van der Waals surface area contributed by atoms with Gasteiger partial charge in [-0.3, -0.25) is 4.40 Å². The van der Waals surface area contributed by atoms with Crippen LogP contribution in [0.1, 0.15) is 33.6 Å². The molecule has 2 aromatic heterocycles. The first-order chi connectivity index (χ1) is 14.7. The molecule has 1 N–H and O–H groups in total. The molecular formula is C22H25BrClN5O2. The van der Waals surface area contributed by atoms with E-state index in [-0.39, 0.29) is 12.1 Å². The first-order valence-corrected chi connectivity index (χ1v) is 11.4. The van der Waals surface area contributed by atoms with Crippen molar-refractivity contribution < 1.29 is 9.53 Å². The van der Waals surface area contributed by atoms with Crippen molar-refractivity contribution in [2.24, 2.45) is 0 Å². The second-order valence-corrected chi connectivity index (χ2v) is 9.91. The average molecular weight is 507 g/mol. The molecule has 1 amide bonds. The van der Waals surface area contributed by atoms with Gasteiger partial charge in [-0.15, -0.1) is 0 Å². The van der Waals surface area contributed by atoms with Crippen molar-refractivity contribution in [3.05, 3.63) is 46.3 Å². The summed E-state index contributed by atoms with van der Waals surface area (Å²) in [6.45, 7) is 6.89. The van der Waals surface area contributed by atoms with Crippen molar-refractivity contribution in [1.29, 1.82) is 0 Å². The molecule has 7 nitrogen and oxygen atoms in total. The van der Waals surface area contributed by atoms with E-state index in [0.29, 0.717) is 29.6 Å². The lowest BCUT2D eigenvalue weighted by Gasteiger charge is -2.34. The Kier molecular flexibility index (Phi) is 6.12. The summed E-state index contributed by atoms with van der Waals surface area (Å²) in [6.07, 6.45) is 5.27. The van der Waals surface area contributed by atoms with Crippen LogP contribution in [0.3, 0.4) is 0 Å². The van der Waals surface area contributed by atoms with Crippen molar-refractivity contribution in [2.45, 2.75) is 45.3 Å². The average Bonchev–Trinajstić information content (AvgIpc) is 3.16. The van der Waals surface area contributed by atoms with Gasteiger partial charge in [-0.2, -0.15) is 0 Å². The Balaban J connectivity index is 1.56. The van der Waals surface area contributed by atoms with Gasteiger partial charge in [0.05, 0.1) is 11.9 Å². The van der Waals surface area contributed by atoms with Crippen LogP contribution in [0.5, 0.6) is 0 Å². The van der Waals surface area contributed by atoms with Crippen LogP contribution in [0.25, 0.3) is 16.9 Å². The van der Waals surface area contributed by atoms with Gasteiger partial charge in [0.2, 0.25) is 0 Å². The number of anilines is 1. The van der Waals surface area contributed by atoms with E-state index in [9.17, 15) is 4.79 Å². The molecule has 0 spiro atoms. The van der Waals surface area contributed by atoms with Crippen LogP contribution in [0.4, 0.5) is 10.6 Å². The number of halogens is 2. The molecule has 1 atom stereocenters. The number of carbonyl (C=O) groups is 1. The summed E-state index contributed by atoms with van der Waals surface area (Å²) in [7, 11) is 0. The van der Waals surface area contributed by atoms with Crippen molar-refractivity contribution in [2.75, 3.05) is 18.4 Å². The third-order valence-corrected chi connectivity index (χ3v) is 5.84. The SMILES string of the molecule is CC(C)(C)OC(=O)N1CCC[C@H](Nc2ncc(Br)n3cc(-c4ccc(Cl)cc4)nc23)C1. The maximum Gasteiger partial charge on any atom is 0.410 e. The van der Waals surface area contributed by atoms with Gasteiger partial charge in [-0.25, -0.2) is 14.8 Å². The van der Waals surface area contributed by atoms with E-state index in [0.717, 1.165) is 28.7 Å². The zero-order chi connectivity index (χ0) is 22.2. The van der Waals surface area contributed by atoms with Crippen molar-refractivity contribution >= 4 is 45.1 Å². The molecule has 164 valence electrons. The molecule has 3 heterocycles. The fourth-order valence-electron chi connectivity index (χ4n) is 3.59. The minimum Gasteiger partial charge on any atom is -0.444 e. The Bertz CT molecular complexity index is 1090. The summed E-state index contributed by atoms with van der Waals surface area (Å²) in [6, 6.07) is 7.65. The van der Waals surface area contributed by atoms with Gasteiger partial charge >= 0.3 is 6.09 Å². The van der Waals surface area contributed by atoms with E-state index in [2.05, 4.69) is 26.2 Å². The Morgan fingerprint density at radius 1 is 1.29 bits per heavy atom. The van der Waals surface area contributed by atoms with Gasteiger partial charge in [0.25, 0.3) is 0 Å². The largest absolute Gasteiger partial charge is 0.444 e. The monoisotopic (exact) mass is 505 g/mol. The number of hydrogen-bond acceptors (Lipinski definition) is 5. The van der Waals surface area contributed by atoms with Crippen LogP contribution in [0.2, 0.25) is 5.02 Å². The molecule has 1 aromatic carbocycles. The smallest absolute Gasteiger partial charge is 0.410 e. The Morgan fingerprint density at radius 3 is 2.74 bits per heavy atom. The molecular weight excluding hydrogens is 482 g/mol. The molecule has 0 bridgehead atoms. The molecule has 4 rings (SSSR count). The molecule has 31 heavy (non-hydrogen) atoms. The fraction of sp³-hybridized carbons (Fsp3) is 0.409. The van der Waals surface area contributed by atoms with Gasteiger partial charge in [-0.05, 0) is 61.7 Å². The number of nitrogens with zero attached hydrogens (tertiary/aromatic N) is 4. The zero-order valence-electron chi connectivity index (χ0n) is 17.7. The standard InChI is InChI=1S/C22H25BrClN5O2/c1-22(2,3)31-21(30)28-10-4-5-16(12-28)26-19-20-27-17(13-29(20)18(23)11-25-19)14-6-8-15(24)9-7-14/h6-9,11,13,16H,4-5,10,12H2,1-3H3,(H,25,26)/t16-/m0/s1. The molecule has 1 saturated heterocycles. The maximum atomic E-state index is 12.5. The molecule has 3 aromatic rings. The highest BCUT2D eigenvalue weighted by atomic mass is 79.9. The van der Waals surface area contributed by atoms with Gasteiger partial charge in [0, 0.05) is 35.9 Å². The predicted octanol–water partition coefficient (Wildman–Crippen LogP) is 5.62. The summed E-state index contributed by atoms with van der Waals surface area (Å²) in [5.74, 6) is 0.680. The number of rotatable bonds is 3. The van der Waals surface area contributed by atoms with E-state index in [1.54, 1.807) is 11.1 Å². The van der Waals surface area contributed by atoms with Crippen LogP contribution in [-0.4, -0.2) is 50.1 Å². The number of ether oxygens (including phenoxy) is 1. The quantitative estimate of drug-likeness (QED) is 0.499. The zero-order valence-corrected chi connectivity index (χ0v) is 20.1. The number of hydrogen-bond donors (Lipinski definition) is 1. The van der Waals surface area contributed by atoms with Crippen LogP contribution in [0.15, 0.2) is 41.3 Å². The molecule has 9 heteroatoms. The number of nitrogens with one attached hydrogen (secondary N) is 1. The molecule has 0 aliphatic carbocycles. The molecule has 1 aliphatic heterocycles. The number of carbonyl (C=O) groups excluding carboxylic acids is 1. The summed E-state index contributed by atoms with van der Waals surface area (Å²) < 4.78 is 8.29. The number of imidazole rings is 1. The van der Waals surface area contributed by atoms with Gasteiger partial charge in [0.15, 0.2) is 11.5 Å². The first-order valence-electron chi connectivity index (χ1n) is 10.2. The Morgan fingerprint density at radius 2 is 2.03 bits per heavy atom. The second kappa shape index (κ2) is 8.67. The Labute approximate surface area is 194 Å². The summed E-state index contributed by atoms with van der Waals surface area (Å²) >= 11 is 9.57. The normalized spacial score (nSPS) is 17.1. The van der Waals surface area contributed by atoms with Gasteiger partial charge < -0.3 is 15.0 Å². The second-order valence-electron chi connectivity index (χ2n) is 8.67. The van der Waals surface area contributed by atoms with Crippen LogP contribution >= 0.6 is 27.5 Å². The lowest BCUT2D eigenvalue weighted by atomic mass is 10.1. The Hall–Kier alpha value is -2.32. The van der Waals surface area contributed by atoms with Gasteiger partial charge in [0.1, 0.15) is 10.2 Å². The first kappa shape index (κ1) is 21.9. The summed E-state index contributed by atoms with van der Waals surface area (Å²) in [5, 5.41) is 4.17. The fourth-order valence-corrected chi connectivity index (χ4v) is 4.09. The lowest BCUT2D eigenvalue weighted by Crippen LogP contribution is -2.47. The number of aromatic nitrogens is 3. The highest BCUT2D eigenvalue weighted by Gasteiger charge is 2.28. The third-order valence-electron chi connectivity index (χ3n) is 5.00. The van der Waals surface area contributed by atoms with Crippen LogP contribution in [0, 0.1) is 0 Å². The van der Waals surface area contributed by atoms with Crippen molar-refractivity contribution in [1.82, 2.24) is 19.3 Å². The van der Waals surface area contributed by atoms with Crippen LogP contribution in [-0.2, 0) is 4.74 Å². The molecule has 0 saturated carbocycles. The minimum absolute atomic E-state index is 0.0643. The maximum absolute atomic E-state index is 12.5. The van der Waals surface area contributed by atoms with E-state index in [1.807, 2.05) is 55.6 Å². The summed E-state index contributed by atoms with van der Waals surface area (Å²) in [4.78, 5) is 23.6. The van der Waals surface area contributed by atoms with E-state index < -0.39 is 5.60 Å². The van der Waals surface area contributed by atoms with E-state index >= 15 is 0 Å². The lowest BCUT2D eigenvalue weighted by molar-refractivity contribution is 0.0206. The van der Waals surface area contributed by atoms with Crippen molar-refractivity contribution in [3.8, 4) is 11.3 Å². The minimum atomic E-state index is -0.509. The number of amides is 1. The molecule has 1 aliphatic rings. The van der Waals surface area contributed by atoms with E-state index in [4.69, 9.17) is 21.3 Å². The highest BCUT2D eigenvalue weighted by molar-refractivity contribution is 9.10. The van der Waals surface area contributed by atoms with Gasteiger partial charge in [-0.1, -0.05) is 23.7 Å². The number of fused-ring (bicyclic) bond motifs is 1. The molecule has 0 unspecified atom stereocenters. The third kappa shape index (κ3) is 5.13. The van der Waals surface area contributed by atoms with E-state index in [1.165, 1.54) is 0 Å². The number of benzene rings is 1. The predicted molar refractivity (Wildman–Crippen MR) is 126 cm³/mol. The van der Waals surface area contributed by atoms with Crippen molar-refractivity contribution in [3.63, 3.8) is 0 Å². The molecule has 0 radical (unpaired) electrons. The number of piperidine rings is 1. The van der Waals surface area contributed by atoms with Crippen LogP contribution < -0.4 is 5.32 Å².